The smallest absolute Gasteiger partial charge is 0.345 e. The summed E-state index contributed by atoms with van der Waals surface area (Å²) in [5.74, 6) is -1.00. The molecule has 0 bridgehead atoms. The Morgan fingerprint density at radius 1 is 1.28 bits per heavy atom. The van der Waals surface area contributed by atoms with Crippen LogP contribution in [0, 0.1) is 18.3 Å². The summed E-state index contributed by atoms with van der Waals surface area (Å²) in [6.07, 6.45) is -4.70. The van der Waals surface area contributed by atoms with Crippen molar-refractivity contribution >= 4 is 29.3 Å². The summed E-state index contributed by atoms with van der Waals surface area (Å²) in [6.45, 7) is 1.38. The largest absolute Gasteiger partial charge is 0.417 e. The zero-order valence-corrected chi connectivity index (χ0v) is 16.6. The molecule has 0 fully saturated rings. The van der Waals surface area contributed by atoms with Crippen LogP contribution in [0.5, 0.6) is 0 Å². The number of thioether (sulfide) groups is 1. The lowest BCUT2D eigenvalue weighted by Gasteiger charge is -2.13. The average Bonchev–Trinajstić information content (AvgIpc) is 2.64. The standard InChI is InChI=1S/C19H17F3N4O2S/c1-11-7-15(19(20,21)22)14(9-23)17(24-11)29-10-16(27)25-13-6-4-5-12(8-13)18(28)26(2)3/h4-8H,10H2,1-3H3,(H,25,27). The lowest BCUT2D eigenvalue weighted by molar-refractivity contribution is -0.138. The molecule has 0 aliphatic carbocycles. The van der Waals surface area contributed by atoms with Gasteiger partial charge in [-0.15, -0.1) is 0 Å². The molecule has 1 N–H and O–H groups in total. The van der Waals surface area contributed by atoms with Gasteiger partial charge in [-0.25, -0.2) is 4.98 Å². The fraction of sp³-hybridized carbons (Fsp3) is 0.263. The lowest BCUT2D eigenvalue weighted by atomic mass is 10.1. The van der Waals surface area contributed by atoms with Crippen LogP contribution in [0.2, 0.25) is 0 Å². The van der Waals surface area contributed by atoms with E-state index in [0.29, 0.717) is 11.3 Å². The normalized spacial score (nSPS) is 10.9. The van der Waals surface area contributed by atoms with Gasteiger partial charge in [0, 0.05) is 31.0 Å². The number of rotatable bonds is 5. The van der Waals surface area contributed by atoms with E-state index in [1.807, 2.05) is 0 Å². The Hall–Kier alpha value is -3.06. The van der Waals surface area contributed by atoms with Crippen molar-refractivity contribution in [3.8, 4) is 6.07 Å². The maximum atomic E-state index is 13.1. The first kappa shape index (κ1) is 22.2. The number of aromatic nitrogens is 1. The Morgan fingerprint density at radius 3 is 2.55 bits per heavy atom. The minimum absolute atomic E-state index is 0.0918. The minimum atomic E-state index is -4.70. The lowest BCUT2D eigenvalue weighted by Crippen LogP contribution is -2.22. The molecule has 0 unspecified atom stereocenters. The number of hydrogen-bond donors (Lipinski definition) is 1. The van der Waals surface area contributed by atoms with Crippen molar-refractivity contribution in [2.45, 2.75) is 18.1 Å². The van der Waals surface area contributed by atoms with Crippen molar-refractivity contribution < 1.29 is 22.8 Å². The maximum Gasteiger partial charge on any atom is 0.417 e. The Morgan fingerprint density at radius 2 is 1.97 bits per heavy atom. The summed E-state index contributed by atoms with van der Waals surface area (Å²) in [6, 6.07) is 8.61. The van der Waals surface area contributed by atoms with Gasteiger partial charge in [-0.05, 0) is 31.2 Å². The van der Waals surface area contributed by atoms with E-state index < -0.39 is 23.2 Å². The van der Waals surface area contributed by atoms with Gasteiger partial charge in [-0.2, -0.15) is 18.4 Å². The first-order chi connectivity index (χ1) is 13.5. The molecule has 1 heterocycles. The van der Waals surface area contributed by atoms with Crippen molar-refractivity contribution in [1.29, 1.82) is 5.26 Å². The van der Waals surface area contributed by atoms with Crippen molar-refractivity contribution in [1.82, 2.24) is 9.88 Å². The second kappa shape index (κ2) is 8.96. The Labute approximate surface area is 169 Å². The number of carbonyl (C=O) groups is 2. The summed E-state index contributed by atoms with van der Waals surface area (Å²) in [4.78, 5) is 29.5. The number of halogens is 3. The molecule has 0 spiro atoms. The highest BCUT2D eigenvalue weighted by atomic mass is 32.2. The van der Waals surface area contributed by atoms with Crippen molar-refractivity contribution in [3.63, 3.8) is 0 Å². The van der Waals surface area contributed by atoms with Gasteiger partial charge in [0.2, 0.25) is 5.91 Å². The average molecular weight is 422 g/mol. The molecule has 0 saturated heterocycles. The van der Waals surface area contributed by atoms with Crippen molar-refractivity contribution in [2.75, 3.05) is 25.2 Å². The number of aryl methyl sites for hydroxylation is 1. The van der Waals surface area contributed by atoms with Gasteiger partial charge in [-0.1, -0.05) is 17.8 Å². The zero-order chi connectivity index (χ0) is 21.8. The molecule has 152 valence electrons. The number of amides is 2. The van der Waals surface area contributed by atoms with E-state index in [-0.39, 0.29) is 22.4 Å². The summed E-state index contributed by atoms with van der Waals surface area (Å²) in [5, 5.41) is 11.6. The van der Waals surface area contributed by atoms with Crippen LogP contribution < -0.4 is 5.32 Å². The first-order valence-electron chi connectivity index (χ1n) is 8.26. The van der Waals surface area contributed by atoms with Crippen LogP contribution in [0.4, 0.5) is 18.9 Å². The molecule has 0 saturated carbocycles. The van der Waals surface area contributed by atoms with Crippen LogP contribution in [0.15, 0.2) is 35.4 Å². The van der Waals surface area contributed by atoms with E-state index in [2.05, 4.69) is 10.3 Å². The third-order valence-corrected chi connectivity index (χ3v) is 4.65. The number of nitrogens with one attached hydrogen (secondary N) is 1. The van der Waals surface area contributed by atoms with E-state index >= 15 is 0 Å². The highest BCUT2D eigenvalue weighted by Gasteiger charge is 2.35. The molecule has 10 heteroatoms. The quantitative estimate of drug-likeness (QED) is 0.743. The second-order valence-electron chi connectivity index (χ2n) is 6.22. The number of alkyl halides is 3. The van der Waals surface area contributed by atoms with Crippen LogP contribution >= 0.6 is 11.8 Å². The number of nitriles is 1. The van der Waals surface area contributed by atoms with Gasteiger partial charge < -0.3 is 10.2 Å². The van der Waals surface area contributed by atoms with Crippen molar-refractivity contribution in [3.05, 3.63) is 52.7 Å². The molecule has 2 amide bonds. The van der Waals surface area contributed by atoms with E-state index in [1.54, 1.807) is 32.3 Å². The Kier molecular flexibility index (Phi) is 6.87. The molecule has 0 atom stereocenters. The van der Waals surface area contributed by atoms with Gasteiger partial charge in [0.05, 0.1) is 16.9 Å². The molecule has 1 aromatic carbocycles. The Balaban J connectivity index is 2.15. The monoisotopic (exact) mass is 422 g/mol. The number of benzene rings is 1. The van der Waals surface area contributed by atoms with E-state index in [1.165, 1.54) is 24.0 Å². The van der Waals surface area contributed by atoms with Crippen LogP contribution in [-0.2, 0) is 11.0 Å². The minimum Gasteiger partial charge on any atom is -0.345 e. The van der Waals surface area contributed by atoms with Crippen molar-refractivity contribution in [2.24, 2.45) is 0 Å². The second-order valence-corrected chi connectivity index (χ2v) is 7.18. The van der Waals surface area contributed by atoms with Crippen LogP contribution in [0.3, 0.4) is 0 Å². The van der Waals surface area contributed by atoms with Gasteiger partial charge in [-0.3, -0.25) is 9.59 Å². The number of hydrogen-bond acceptors (Lipinski definition) is 5. The van der Waals surface area contributed by atoms with Crippen LogP contribution in [-0.4, -0.2) is 41.5 Å². The Bertz CT molecular complexity index is 984. The van der Waals surface area contributed by atoms with E-state index in [4.69, 9.17) is 5.26 Å². The van der Waals surface area contributed by atoms with Crippen LogP contribution in [0.25, 0.3) is 0 Å². The molecule has 6 nitrogen and oxygen atoms in total. The van der Waals surface area contributed by atoms with E-state index in [9.17, 15) is 22.8 Å². The van der Waals surface area contributed by atoms with Crippen LogP contribution in [0.1, 0.15) is 27.2 Å². The predicted octanol–water partition coefficient (Wildman–Crippen LogP) is 3.71. The zero-order valence-electron chi connectivity index (χ0n) is 15.8. The summed E-state index contributed by atoms with van der Waals surface area (Å²) >= 11 is 0.738. The fourth-order valence-corrected chi connectivity index (χ4v) is 3.25. The SMILES string of the molecule is Cc1cc(C(F)(F)F)c(C#N)c(SCC(=O)Nc2cccc(C(=O)N(C)C)c2)n1. The fourth-order valence-electron chi connectivity index (χ4n) is 2.40. The number of anilines is 1. The summed E-state index contributed by atoms with van der Waals surface area (Å²) < 4.78 is 39.4. The molecule has 0 radical (unpaired) electrons. The predicted molar refractivity (Wildman–Crippen MR) is 103 cm³/mol. The first-order valence-corrected chi connectivity index (χ1v) is 9.24. The molecular formula is C19H17F3N4O2S. The van der Waals surface area contributed by atoms with Gasteiger partial charge in [0.1, 0.15) is 11.1 Å². The molecule has 2 rings (SSSR count). The molecule has 1 aromatic heterocycles. The van der Waals surface area contributed by atoms with Gasteiger partial charge >= 0.3 is 6.18 Å². The summed E-state index contributed by atoms with van der Waals surface area (Å²) in [7, 11) is 3.20. The number of pyridine rings is 1. The molecular weight excluding hydrogens is 405 g/mol. The summed E-state index contributed by atoms with van der Waals surface area (Å²) in [5.41, 5.74) is -0.849. The third kappa shape index (κ3) is 5.71. The molecule has 29 heavy (non-hydrogen) atoms. The maximum absolute atomic E-state index is 13.1. The number of carbonyl (C=O) groups excluding carboxylic acids is 2. The number of nitrogens with zero attached hydrogens (tertiary/aromatic N) is 3. The highest BCUT2D eigenvalue weighted by molar-refractivity contribution is 8.00. The van der Waals surface area contributed by atoms with E-state index in [0.717, 1.165) is 17.8 Å². The molecule has 0 aliphatic rings. The third-order valence-electron chi connectivity index (χ3n) is 3.67. The topological polar surface area (TPSA) is 86.1 Å². The highest BCUT2D eigenvalue weighted by Crippen LogP contribution is 2.35. The molecule has 2 aromatic rings. The van der Waals surface area contributed by atoms with Gasteiger partial charge in [0.25, 0.3) is 5.91 Å². The van der Waals surface area contributed by atoms with Gasteiger partial charge in [0.15, 0.2) is 0 Å². The molecule has 0 aliphatic heterocycles.